The molecule has 1 aliphatic heterocycles. The van der Waals surface area contributed by atoms with Gasteiger partial charge in [0.25, 0.3) is 0 Å². The standard InChI is InChI=1S/C21H30N4O3/c1-4-11-28-19-12-16(8-9-18(19)27-3)14-24-21(23-5-2)25-10-6-7-17(15-25)13-20(22)26/h1,8-9,12,17H,5-7,10-11,13-15H2,2-3H3,(H2,22,26)(H,23,24). The number of nitrogens with one attached hydrogen (secondary N) is 1. The van der Waals surface area contributed by atoms with Crippen molar-refractivity contribution in [1.82, 2.24) is 10.2 Å². The van der Waals surface area contributed by atoms with Crippen LogP contribution in [0.15, 0.2) is 23.2 Å². The SMILES string of the molecule is C#CCOc1cc(CN=C(NCC)N2CCCC(CC(N)=O)C2)ccc1OC. The third-order valence-electron chi connectivity index (χ3n) is 4.59. The number of piperidine rings is 1. The number of hydrogen-bond acceptors (Lipinski definition) is 4. The first-order valence-corrected chi connectivity index (χ1v) is 9.62. The number of guanidine groups is 1. The summed E-state index contributed by atoms with van der Waals surface area (Å²) in [6, 6.07) is 5.71. The van der Waals surface area contributed by atoms with E-state index in [9.17, 15) is 4.79 Å². The Kier molecular flexibility index (Phi) is 8.47. The quantitative estimate of drug-likeness (QED) is 0.404. The third-order valence-corrected chi connectivity index (χ3v) is 4.59. The van der Waals surface area contributed by atoms with E-state index in [-0.39, 0.29) is 18.4 Å². The first-order chi connectivity index (χ1) is 13.6. The van der Waals surface area contributed by atoms with Gasteiger partial charge in [0.15, 0.2) is 17.5 Å². The van der Waals surface area contributed by atoms with Gasteiger partial charge in [-0.3, -0.25) is 4.79 Å². The van der Waals surface area contributed by atoms with Gasteiger partial charge >= 0.3 is 0 Å². The Balaban J connectivity index is 2.11. The van der Waals surface area contributed by atoms with Crippen LogP contribution >= 0.6 is 0 Å². The number of terminal acetylenes is 1. The highest BCUT2D eigenvalue weighted by Crippen LogP contribution is 2.28. The number of benzene rings is 1. The van der Waals surface area contributed by atoms with Crippen LogP contribution in [0.25, 0.3) is 0 Å². The van der Waals surface area contributed by atoms with E-state index in [0.717, 1.165) is 44.0 Å². The summed E-state index contributed by atoms with van der Waals surface area (Å²) in [4.78, 5) is 18.2. The minimum atomic E-state index is -0.244. The normalized spacial score (nSPS) is 17.0. The van der Waals surface area contributed by atoms with E-state index in [1.54, 1.807) is 7.11 Å². The van der Waals surface area contributed by atoms with E-state index < -0.39 is 0 Å². The summed E-state index contributed by atoms with van der Waals surface area (Å²) in [5, 5.41) is 3.35. The van der Waals surface area contributed by atoms with Crippen molar-refractivity contribution in [3.8, 4) is 23.8 Å². The Bertz CT molecular complexity index is 727. The van der Waals surface area contributed by atoms with Crippen LogP contribution in [-0.4, -0.2) is 50.1 Å². The van der Waals surface area contributed by atoms with Crippen molar-refractivity contribution in [2.75, 3.05) is 33.4 Å². The summed E-state index contributed by atoms with van der Waals surface area (Å²) in [6.45, 7) is 5.19. The van der Waals surface area contributed by atoms with Gasteiger partial charge in [-0.1, -0.05) is 12.0 Å². The summed E-state index contributed by atoms with van der Waals surface area (Å²) >= 11 is 0. The lowest BCUT2D eigenvalue weighted by Gasteiger charge is -2.34. The molecule has 1 amide bonds. The number of hydrogen-bond donors (Lipinski definition) is 2. The molecular formula is C21H30N4O3. The zero-order valence-electron chi connectivity index (χ0n) is 16.7. The highest BCUT2D eigenvalue weighted by atomic mass is 16.5. The van der Waals surface area contributed by atoms with Crippen molar-refractivity contribution in [2.24, 2.45) is 16.6 Å². The highest BCUT2D eigenvalue weighted by Gasteiger charge is 2.23. The smallest absolute Gasteiger partial charge is 0.217 e. The molecule has 3 N–H and O–H groups in total. The van der Waals surface area contributed by atoms with Crippen molar-refractivity contribution in [3.63, 3.8) is 0 Å². The first kappa shape index (κ1) is 21.4. The molecule has 0 radical (unpaired) electrons. The third kappa shape index (κ3) is 6.38. The first-order valence-electron chi connectivity index (χ1n) is 9.62. The van der Waals surface area contributed by atoms with E-state index in [2.05, 4.69) is 16.1 Å². The fraction of sp³-hybridized carbons (Fsp3) is 0.524. The predicted octanol–water partition coefficient (Wildman–Crippen LogP) is 1.76. The number of carbonyl (C=O) groups is 1. The molecule has 1 aromatic rings. The lowest BCUT2D eigenvalue weighted by atomic mass is 9.95. The summed E-state index contributed by atoms with van der Waals surface area (Å²) in [5.74, 6) is 4.59. The average molecular weight is 386 g/mol. The molecule has 1 fully saturated rings. The van der Waals surface area contributed by atoms with Gasteiger partial charge in [0.1, 0.15) is 6.61 Å². The number of methoxy groups -OCH3 is 1. The van der Waals surface area contributed by atoms with Gasteiger partial charge < -0.3 is 25.4 Å². The molecule has 1 heterocycles. The molecule has 1 unspecified atom stereocenters. The number of aliphatic imine (C=N–C) groups is 1. The molecule has 1 saturated heterocycles. The lowest BCUT2D eigenvalue weighted by Crippen LogP contribution is -2.47. The summed E-state index contributed by atoms with van der Waals surface area (Å²) in [5.41, 5.74) is 6.37. The minimum Gasteiger partial charge on any atom is -0.493 e. The summed E-state index contributed by atoms with van der Waals surface area (Å²) in [6.07, 6.45) is 7.75. The predicted molar refractivity (Wildman–Crippen MR) is 110 cm³/mol. The zero-order chi connectivity index (χ0) is 20.4. The van der Waals surface area contributed by atoms with Crippen molar-refractivity contribution in [2.45, 2.75) is 32.7 Å². The monoisotopic (exact) mass is 386 g/mol. The maximum atomic E-state index is 11.3. The van der Waals surface area contributed by atoms with E-state index in [1.165, 1.54) is 0 Å². The van der Waals surface area contributed by atoms with Gasteiger partial charge in [0, 0.05) is 26.1 Å². The van der Waals surface area contributed by atoms with Crippen LogP contribution in [0.5, 0.6) is 11.5 Å². The van der Waals surface area contributed by atoms with Gasteiger partial charge in [0.2, 0.25) is 5.91 Å². The van der Waals surface area contributed by atoms with Gasteiger partial charge in [-0.2, -0.15) is 0 Å². The number of nitrogens with zero attached hydrogens (tertiary/aromatic N) is 2. The number of nitrogens with two attached hydrogens (primary N) is 1. The molecule has 0 bridgehead atoms. The molecule has 28 heavy (non-hydrogen) atoms. The molecule has 2 rings (SSSR count). The Labute approximate surface area is 167 Å². The van der Waals surface area contributed by atoms with E-state index in [1.807, 2.05) is 25.1 Å². The van der Waals surface area contributed by atoms with Crippen LogP contribution in [0.2, 0.25) is 0 Å². The molecule has 1 atom stereocenters. The maximum absolute atomic E-state index is 11.3. The number of primary amides is 1. The van der Waals surface area contributed by atoms with Crippen molar-refractivity contribution >= 4 is 11.9 Å². The molecule has 7 heteroatoms. The van der Waals surface area contributed by atoms with Crippen LogP contribution in [0, 0.1) is 18.3 Å². The number of carbonyl (C=O) groups excluding carboxylic acids is 1. The average Bonchev–Trinajstić information content (AvgIpc) is 2.69. The fourth-order valence-electron chi connectivity index (χ4n) is 3.35. The van der Waals surface area contributed by atoms with Gasteiger partial charge in [-0.15, -0.1) is 6.42 Å². The summed E-state index contributed by atoms with van der Waals surface area (Å²) < 4.78 is 10.9. The Morgan fingerprint density at radius 3 is 2.96 bits per heavy atom. The Hall–Kier alpha value is -2.88. The molecule has 1 aromatic carbocycles. The number of likely N-dealkylation sites (tertiary alicyclic amines) is 1. The van der Waals surface area contributed by atoms with Crippen LogP contribution < -0.4 is 20.5 Å². The van der Waals surface area contributed by atoms with Gasteiger partial charge in [-0.25, -0.2) is 4.99 Å². The second-order valence-electron chi connectivity index (χ2n) is 6.77. The van der Waals surface area contributed by atoms with E-state index in [0.29, 0.717) is 24.5 Å². The van der Waals surface area contributed by atoms with Crippen molar-refractivity contribution in [3.05, 3.63) is 23.8 Å². The second kappa shape index (κ2) is 11.1. The van der Waals surface area contributed by atoms with Crippen LogP contribution in [0.1, 0.15) is 31.7 Å². The topological polar surface area (TPSA) is 89.2 Å². The van der Waals surface area contributed by atoms with Crippen LogP contribution in [-0.2, 0) is 11.3 Å². The highest BCUT2D eigenvalue weighted by molar-refractivity contribution is 5.80. The van der Waals surface area contributed by atoms with Crippen LogP contribution in [0.4, 0.5) is 0 Å². The van der Waals surface area contributed by atoms with E-state index in [4.69, 9.17) is 26.6 Å². The molecule has 0 saturated carbocycles. The van der Waals surface area contributed by atoms with Gasteiger partial charge in [-0.05, 0) is 43.4 Å². The molecule has 0 spiro atoms. The second-order valence-corrected chi connectivity index (χ2v) is 6.77. The maximum Gasteiger partial charge on any atom is 0.217 e. The number of amides is 1. The molecular weight excluding hydrogens is 356 g/mol. The van der Waals surface area contributed by atoms with Crippen LogP contribution in [0.3, 0.4) is 0 Å². The largest absolute Gasteiger partial charge is 0.493 e. The molecule has 0 aromatic heterocycles. The number of ether oxygens (including phenoxy) is 2. The minimum absolute atomic E-state index is 0.181. The molecule has 7 nitrogen and oxygen atoms in total. The lowest BCUT2D eigenvalue weighted by molar-refractivity contribution is -0.119. The fourth-order valence-corrected chi connectivity index (χ4v) is 3.35. The molecule has 1 aliphatic rings. The Morgan fingerprint density at radius 1 is 1.46 bits per heavy atom. The molecule has 152 valence electrons. The summed E-state index contributed by atoms with van der Waals surface area (Å²) in [7, 11) is 1.60. The van der Waals surface area contributed by atoms with E-state index >= 15 is 0 Å². The number of rotatable bonds is 8. The van der Waals surface area contributed by atoms with Gasteiger partial charge in [0.05, 0.1) is 13.7 Å². The Morgan fingerprint density at radius 2 is 2.29 bits per heavy atom. The van der Waals surface area contributed by atoms with Crippen molar-refractivity contribution < 1.29 is 14.3 Å². The van der Waals surface area contributed by atoms with Crippen molar-refractivity contribution in [1.29, 1.82) is 0 Å². The molecule has 0 aliphatic carbocycles. The zero-order valence-corrected chi connectivity index (χ0v) is 16.7.